The second-order valence-corrected chi connectivity index (χ2v) is 6.76. The molecule has 1 unspecified atom stereocenters. The van der Waals surface area contributed by atoms with Gasteiger partial charge in [0.1, 0.15) is 0 Å². The minimum absolute atomic E-state index is 0.349. The van der Waals surface area contributed by atoms with Gasteiger partial charge in [-0.1, -0.05) is 13.8 Å². The third-order valence-electron chi connectivity index (χ3n) is 3.94. The number of hydrogen-bond donors (Lipinski definition) is 1. The van der Waals surface area contributed by atoms with E-state index in [0.29, 0.717) is 24.1 Å². The summed E-state index contributed by atoms with van der Waals surface area (Å²) in [5.41, 5.74) is 0. The fraction of sp³-hybridized carbons (Fsp3) is 1.00. The van der Waals surface area contributed by atoms with Gasteiger partial charge < -0.3 is 10.1 Å². The number of rotatable bonds is 10. The van der Waals surface area contributed by atoms with E-state index in [1.54, 1.807) is 0 Å². The van der Waals surface area contributed by atoms with E-state index in [9.17, 15) is 0 Å². The van der Waals surface area contributed by atoms with Crippen LogP contribution in [-0.4, -0.2) is 48.8 Å². The lowest BCUT2D eigenvalue weighted by atomic mass is 10.1. The summed E-state index contributed by atoms with van der Waals surface area (Å²) < 4.78 is 6.11. The quantitative estimate of drug-likeness (QED) is 0.660. The molecule has 0 aromatic heterocycles. The van der Waals surface area contributed by atoms with Gasteiger partial charge in [-0.3, -0.25) is 4.90 Å². The van der Waals surface area contributed by atoms with Crippen molar-refractivity contribution in [3.8, 4) is 0 Å². The first-order valence-electron chi connectivity index (χ1n) is 8.02. The minimum atomic E-state index is 0.349. The van der Waals surface area contributed by atoms with Crippen molar-refractivity contribution in [2.24, 2.45) is 5.92 Å². The summed E-state index contributed by atoms with van der Waals surface area (Å²) in [6.45, 7) is 16.4. The molecule has 1 N–H and O–H groups in total. The zero-order valence-electron chi connectivity index (χ0n) is 13.8. The Kier molecular flexibility index (Phi) is 7.33. The SMILES string of the molecule is CC(C)C(CNC1CC1)OCCN(C(C)C)C(C)C. The van der Waals surface area contributed by atoms with Crippen molar-refractivity contribution in [1.29, 1.82) is 0 Å². The summed E-state index contributed by atoms with van der Waals surface area (Å²) in [6, 6.07) is 1.95. The third-order valence-corrected chi connectivity index (χ3v) is 3.94. The minimum Gasteiger partial charge on any atom is -0.375 e. The second kappa shape index (κ2) is 8.23. The van der Waals surface area contributed by atoms with E-state index >= 15 is 0 Å². The van der Waals surface area contributed by atoms with Crippen LogP contribution in [0.2, 0.25) is 0 Å². The van der Waals surface area contributed by atoms with Gasteiger partial charge in [0.05, 0.1) is 12.7 Å². The molecule has 0 aromatic carbocycles. The third kappa shape index (κ3) is 6.73. The van der Waals surface area contributed by atoms with Crippen molar-refractivity contribution in [2.75, 3.05) is 19.7 Å². The number of nitrogens with zero attached hydrogens (tertiary/aromatic N) is 1. The van der Waals surface area contributed by atoms with Gasteiger partial charge >= 0.3 is 0 Å². The van der Waals surface area contributed by atoms with Gasteiger partial charge in [0, 0.05) is 31.2 Å². The molecular formula is C16H34N2O. The predicted octanol–water partition coefficient (Wildman–Crippen LogP) is 2.90. The molecule has 0 saturated heterocycles. The second-order valence-electron chi connectivity index (χ2n) is 6.76. The molecule has 3 nitrogen and oxygen atoms in total. The summed E-state index contributed by atoms with van der Waals surface area (Å²) in [5, 5.41) is 3.58. The fourth-order valence-corrected chi connectivity index (χ4v) is 2.48. The molecule has 1 aliphatic rings. The highest BCUT2D eigenvalue weighted by molar-refractivity contribution is 4.82. The Morgan fingerprint density at radius 2 is 1.63 bits per heavy atom. The summed E-state index contributed by atoms with van der Waals surface area (Å²) in [6.07, 6.45) is 3.04. The lowest BCUT2D eigenvalue weighted by Crippen LogP contribution is -2.41. The number of ether oxygens (including phenoxy) is 1. The topological polar surface area (TPSA) is 24.5 Å². The number of nitrogens with one attached hydrogen (secondary N) is 1. The van der Waals surface area contributed by atoms with Crippen LogP contribution in [0.4, 0.5) is 0 Å². The van der Waals surface area contributed by atoms with E-state index in [4.69, 9.17) is 4.74 Å². The molecule has 1 aliphatic carbocycles. The van der Waals surface area contributed by atoms with Gasteiger partial charge in [0.25, 0.3) is 0 Å². The van der Waals surface area contributed by atoms with Crippen LogP contribution in [0.5, 0.6) is 0 Å². The Morgan fingerprint density at radius 3 is 2.05 bits per heavy atom. The van der Waals surface area contributed by atoms with Gasteiger partial charge in [0.2, 0.25) is 0 Å². The molecular weight excluding hydrogens is 236 g/mol. The summed E-state index contributed by atoms with van der Waals surface area (Å²) in [7, 11) is 0. The molecule has 0 radical (unpaired) electrons. The molecule has 0 spiro atoms. The van der Waals surface area contributed by atoms with Gasteiger partial charge in [-0.15, -0.1) is 0 Å². The Bertz CT molecular complexity index is 229. The van der Waals surface area contributed by atoms with Crippen LogP contribution < -0.4 is 5.32 Å². The van der Waals surface area contributed by atoms with E-state index in [2.05, 4.69) is 51.8 Å². The van der Waals surface area contributed by atoms with E-state index in [-0.39, 0.29) is 0 Å². The van der Waals surface area contributed by atoms with Crippen LogP contribution in [0, 0.1) is 5.92 Å². The lowest BCUT2D eigenvalue weighted by Gasteiger charge is -2.31. The van der Waals surface area contributed by atoms with Crippen LogP contribution in [-0.2, 0) is 4.74 Å². The molecule has 0 aromatic rings. The molecule has 1 atom stereocenters. The smallest absolute Gasteiger partial charge is 0.0723 e. The molecule has 114 valence electrons. The first-order chi connectivity index (χ1) is 8.91. The van der Waals surface area contributed by atoms with Crippen molar-refractivity contribution >= 4 is 0 Å². The molecule has 1 rings (SSSR count). The molecule has 0 bridgehead atoms. The first-order valence-corrected chi connectivity index (χ1v) is 8.02. The maximum Gasteiger partial charge on any atom is 0.0723 e. The molecule has 19 heavy (non-hydrogen) atoms. The Labute approximate surface area is 120 Å². The summed E-state index contributed by atoms with van der Waals surface area (Å²) in [4.78, 5) is 2.49. The molecule has 0 aliphatic heterocycles. The van der Waals surface area contributed by atoms with Gasteiger partial charge in [-0.2, -0.15) is 0 Å². The lowest BCUT2D eigenvalue weighted by molar-refractivity contribution is 0.00242. The summed E-state index contributed by atoms with van der Waals surface area (Å²) >= 11 is 0. The Balaban J connectivity index is 2.25. The highest BCUT2D eigenvalue weighted by Gasteiger charge is 2.23. The van der Waals surface area contributed by atoms with E-state index in [1.807, 2.05) is 0 Å². The Hall–Kier alpha value is -0.120. The average molecular weight is 270 g/mol. The van der Waals surface area contributed by atoms with E-state index < -0.39 is 0 Å². The van der Waals surface area contributed by atoms with Gasteiger partial charge in [-0.05, 0) is 46.5 Å². The van der Waals surface area contributed by atoms with Crippen LogP contribution in [0.15, 0.2) is 0 Å². The largest absolute Gasteiger partial charge is 0.375 e. The van der Waals surface area contributed by atoms with Crippen LogP contribution in [0.25, 0.3) is 0 Å². The monoisotopic (exact) mass is 270 g/mol. The molecule has 1 saturated carbocycles. The maximum absolute atomic E-state index is 6.11. The van der Waals surface area contributed by atoms with E-state index in [1.165, 1.54) is 12.8 Å². The summed E-state index contributed by atoms with van der Waals surface area (Å²) in [5.74, 6) is 0.581. The zero-order chi connectivity index (χ0) is 14.4. The number of hydrogen-bond acceptors (Lipinski definition) is 3. The van der Waals surface area contributed by atoms with E-state index in [0.717, 1.165) is 25.7 Å². The first kappa shape index (κ1) is 16.9. The zero-order valence-corrected chi connectivity index (χ0v) is 13.8. The van der Waals surface area contributed by atoms with Crippen LogP contribution in [0.1, 0.15) is 54.4 Å². The highest BCUT2D eigenvalue weighted by atomic mass is 16.5. The van der Waals surface area contributed by atoms with Crippen LogP contribution in [0.3, 0.4) is 0 Å². The van der Waals surface area contributed by atoms with Crippen molar-refractivity contribution in [1.82, 2.24) is 10.2 Å². The van der Waals surface area contributed by atoms with Crippen LogP contribution >= 0.6 is 0 Å². The van der Waals surface area contributed by atoms with Gasteiger partial charge in [-0.25, -0.2) is 0 Å². The molecule has 0 heterocycles. The van der Waals surface area contributed by atoms with Crippen molar-refractivity contribution in [2.45, 2.75) is 78.6 Å². The van der Waals surface area contributed by atoms with Crippen molar-refractivity contribution in [3.05, 3.63) is 0 Å². The average Bonchev–Trinajstić information content (AvgIpc) is 3.10. The normalized spacial score (nSPS) is 18.0. The predicted molar refractivity (Wildman–Crippen MR) is 82.6 cm³/mol. The molecule has 3 heteroatoms. The standard InChI is InChI=1S/C16H34N2O/c1-12(2)16(11-17-15-7-8-15)19-10-9-18(13(3)4)14(5)6/h12-17H,7-11H2,1-6H3. The Morgan fingerprint density at radius 1 is 1.05 bits per heavy atom. The highest BCUT2D eigenvalue weighted by Crippen LogP contribution is 2.19. The molecule has 0 amide bonds. The van der Waals surface area contributed by atoms with Crippen molar-refractivity contribution < 1.29 is 4.74 Å². The van der Waals surface area contributed by atoms with Crippen molar-refractivity contribution in [3.63, 3.8) is 0 Å². The molecule has 1 fully saturated rings. The fourth-order valence-electron chi connectivity index (χ4n) is 2.48. The maximum atomic E-state index is 6.11. The van der Waals surface area contributed by atoms with Gasteiger partial charge in [0.15, 0.2) is 0 Å².